The van der Waals surface area contributed by atoms with Crippen molar-refractivity contribution in [3.8, 4) is 0 Å². The Morgan fingerprint density at radius 3 is 2.17 bits per heavy atom. The lowest BCUT2D eigenvalue weighted by atomic mass is 10.1. The molecule has 1 aromatic carbocycles. The molecule has 1 aromatic rings. The fourth-order valence-corrected chi connectivity index (χ4v) is 1.91. The SMILES string of the molecule is CCN(CC)Cc1ccc(CNCC(C)N)cc1. The maximum absolute atomic E-state index is 5.70. The van der Waals surface area contributed by atoms with E-state index in [2.05, 4.69) is 48.3 Å². The summed E-state index contributed by atoms with van der Waals surface area (Å²) in [5.41, 5.74) is 8.40. The van der Waals surface area contributed by atoms with E-state index in [9.17, 15) is 0 Å². The van der Waals surface area contributed by atoms with Crippen molar-refractivity contribution in [2.45, 2.75) is 39.9 Å². The van der Waals surface area contributed by atoms with Gasteiger partial charge in [-0.2, -0.15) is 0 Å². The minimum atomic E-state index is 0.215. The van der Waals surface area contributed by atoms with E-state index in [-0.39, 0.29) is 6.04 Å². The molecule has 0 aliphatic heterocycles. The summed E-state index contributed by atoms with van der Waals surface area (Å²) in [7, 11) is 0. The van der Waals surface area contributed by atoms with Crippen molar-refractivity contribution in [1.29, 1.82) is 0 Å². The monoisotopic (exact) mass is 249 g/mol. The number of hydrogen-bond donors (Lipinski definition) is 2. The summed E-state index contributed by atoms with van der Waals surface area (Å²) in [6, 6.07) is 9.06. The van der Waals surface area contributed by atoms with Crippen LogP contribution in [0.3, 0.4) is 0 Å². The summed E-state index contributed by atoms with van der Waals surface area (Å²) in [5.74, 6) is 0. The second-order valence-electron chi connectivity index (χ2n) is 4.89. The Hall–Kier alpha value is -0.900. The molecule has 1 rings (SSSR count). The van der Waals surface area contributed by atoms with Crippen LogP contribution in [-0.4, -0.2) is 30.6 Å². The van der Waals surface area contributed by atoms with E-state index in [0.717, 1.165) is 32.7 Å². The van der Waals surface area contributed by atoms with Gasteiger partial charge in [-0.1, -0.05) is 38.1 Å². The lowest BCUT2D eigenvalue weighted by molar-refractivity contribution is 0.296. The standard InChI is InChI=1S/C15H27N3/c1-4-18(5-2)12-15-8-6-14(7-9-15)11-17-10-13(3)16/h6-9,13,17H,4-5,10-12,16H2,1-3H3. The zero-order valence-corrected chi connectivity index (χ0v) is 11.9. The molecule has 0 radical (unpaired) electrons. The fourth-order valence-electron chi connectivity index (χ4n) is 1.91. The number of nitrogens with zero attached hydrogens (tertiary/aromatic N) is 1. The van der Waals surface area contributed by atoms with Gasteiger partial charge >= 0.3 is 0 Å². The van der Waals surface area contributed by atoms with Gasteiger partial charge in [-0.15, -0.1) is 0 Å². The molecule has 0 saturated heterocycles. The summed E-state index contributed by atoms with van der Waals surface area (Å²) in [5, 5.41) is 3.35. The first-order chi connectivity index (χ1) is 8.65. The van der Waals surface area contributed by atoms with Gasteiger partial charge in [-0.25, -0.2) is 0 Å². The molecule has 0 heterocycles. The first-order valence-corrected chi connectivity index (χ1v) is 6.92. The minimum Gasteiger partial charge on any atom is -0.327 e. The van der Waals surface area contributed by atoms with E-state index in [0.29, 0.717) is 0 Å². The molecular weight excluding hydrogens is 222 g/mol. The van der Waals surface area contributed by atoms with E-state index in [1.165, 1.54) is 11.1 Å². The molecule has 0 bridgehead atoms. The summed E-state index contributed by atoms with van der Waals surface area (Å²) < 4.78 is 0. The first kappa shape index (κ1) is 15.2. The Morgan fingerprint density at radius 1 is 1.11 bits per heavy atom. The first-order valence-electron chi connectivity index (χ1n) is 6.92. The average Bonchev–Trinajstić information content (AvgIpc) is 2.37. The van der Waals surface area contributed by atoms with E-state index >= 15 is 0 Å². The van der Waals surface area contributed by atoms with Crippen LogP contribution in [0.4, 0.5) is 0 Å². The minimum absolute atomic E-state index is 0.215. The van der Waals surface area contributed by atoms with Crippen molar-refractivity contribution in [3.63, 3.8) is 0 Å². The number of benzene rings is 1. The van der Waals surface area contributed by atoms with Crippen molar-refractivity contribution in [3.05, 3.63) is 35.4 Å². The van der Waals surface area contributed by atoms with Gasteiger partial charge in [0, 0.05) is 25.7 Å². The Balaban J connectivity index is 2.42. The molecule has 3 heteroatoms. The highest BCUT2D eigenvalue weighted by Gasteiger charge is 2.01. The number of nitrogens with two attached hydrogens (primary N) is 1. The quantitative estimate of drug-likeness (QED) is 0.740. The average molecular weight is 249 g/mol. The molecule has 0 aromatic heterocycles. The Morgan fingerprint density at radius 2 is 1.67 bits per heavy atom. The van der Waals surface area contributed by atoms with Gasteiger partial charge in [0.25, 0.3) is 0 Å². The van der Waals surface area contributed by atoms with Crippen molar-refractivity contribution in [1.82, 2.24) is 10.2 Å². The van der Waals surface area contributed by atoms with E-state index in [1.54, 1.807) is 0 Å². The number of nitrogens with one attached hydrogen (secondary N) is 1. The van der Waals surface area contributed by atoms with Gasteiger partial charge in [0.15, 0.2) is 0 Å². The van der Waals surface area contributed by atoms with E-state index in [4.69, 9.17) is 5.73 Å². The third kappa shape index (κ3) is 5.63. The van der Waals surface area contributed by atoms with Crippen molar-refractivity contribution in [2.24, 2.45) is 5.73 Å². The number of rotatable bonds is 8. The molecule has 0 amide bonds. The van der Waals surface area contributed by atoms with E-state index in [1.807, 2.05) is 6.92 Å². The van der Waals surface area contributed by atoms with Crippen LogP contribution in [0.2, 0.25) is 0 Å². The largest absolute Gasteiger partial charge is 0.327 e. The maximum atomic E-state index is 5.70. The highest BCUT2D eigenvalue weighted by atomic mass is 15.1. The predicted molar refractivity (Wildman–Crippen MR) is 78.4 cm³/mol. The molecule has 0 aliphatic rings. The smallest absolute Gasteiger partial charge is 0.0233 e. The Labute approximate surface area is 111 Å². The fraction of sp³-hybridized carbons (Fsp3) is 0.600. The summed E-state index contributed by atoms with van der Waals surface area (Å²) >= 11 is 0. The molecule has 0 aliphatic carbocycles. The molecule has 0 saturated carbocycles. The molecule has 0 spiro atoms. The predicted octanol–water partition coefficient (Wildman–Crippen LogP) is 1.97. The van der Waals surface area contributed by atoms with Gasteiger partial charge in [-0.05, 0) is 31.1 Å². The second kappa shape index (κ2) is 8.25. The topological polar surface area (TPSA) is 41.3 Å². The van der Waals surface area contributed by atoms with Crippen LogP contribution in [0.1, 0.15) is 31.9 Å². The molecule has 18 heavy (non-hydrogen) atoms. The van der Waals surface area contributed by atoms with Crippen LogP contribution >= 0.6 is 0 Å². The molecule has 1 unspecified atom stereocenters. The molecule has 102 valence electrons. The van der Waals surface area contributed by atoms with Crippen LogP contribution in [0, 0.1) is 0 Å². The van der Waals surface area contributed by atoms with Crippen LogP contribution in [-0.2, 0) is 13.1 Å². The van der Waals surface area contributed by atoms with Gasteiger partial charge in [0.2, 0.25) is 0 Å². The van der Waals surface area contributed by atoms with Gasteiger partial charge in [0.1, 0.15) is 0 Å². The second-order valence-corrected chi connectivity index (χ2v) is 4.89. The summed E-state index contributed by atoms with van der Waals surface area (Å²) in [6.45, 7) is 11.4. The lowest BCUT2D eigenvalue weighted by Crippen LogP contribution is -2.30. The van der Waals surface area contributed by atoms with Gasteiger partial charge in [-0.3, -0.25) is 4.90 Å². The molecule has 1 atom stereocenters. The van der Waals surface area contributed by atoms with E-state index < -0.39 is 0 Å². The van der Waals surface area contributed by atoms with Crippen LogP contribution < -0.4 is 11.1 Å². The Bertz CT molecular complexity index is 315. The third-order valence-electron chi connectivity index (χ3n) is 3.12. The summed E-state index contributed by atoms with van der Waals surface area (Å²) in [4.78, 5) is 2.42. The van der Waals surface area contributed by atoms with Crippen LogP contribution in [0.5, 0.6) is 0 Å². The third-order valence-corrected chi connectivity index (χ3v) is 3.12. The Kier molecular flexibility index (Phi) is 6.94. The van der Waals surface area contributed by atoms with Gasteiger partial charge in [0.05, 0.1) is 0 Å². The van der Waals surface area contributed by atoms with Crippen LogP contribution in [0.25, 0.3) is 0 Å². The van der Waals surface area contributed by atoms with Crippen LogP contribution in [0.15, 0.2) is 24.3 Å². The van der Waals surface area contributed by atoms with Crippen molar-refractivity contribution in [2.75, 3.05) is 19.6 Å². The van der Waals surface area contributed by atoms with Gasteiger partial charge < -0.3 is 11.1 Å². The van der Waals surface area contributed by atoms with Crippen molar-refractivity contribution < 1.29 is 0 Å². The molecule has 3 nitrogen and oxygen atoms in total. The lowest BCUT2D eigenvalue weighted by Gasteiger charge is -2.18. The van der Waals surface area contributed by atoms with Crippen molar-refractivity contribution >= 4 is 0 Å². The highest BCUT2D eigenvalue weighted by molar-refractivity contribution is 5.22. The normalized spacial score (nSPS) is 12.9. The molecule has 0 fully saturated rings. The number of hydrogen-bond acceptors (Lipinski definition) is 3. The molecular formula is C15H27N3. The highest BCUT2D eigenvalue weighted by Crippen LogP contribution is 2.07. The summed E-state index contributed by atoms with van der Waals surface area (Å²) in [6.07, 6.45) is 0. The zero-order valence-electron chi connectivity index (χ0n) is 11.9. The molecule has 3 N–H and O–H groups in total. The zero-order chi connectivity index (χ0) is 13.4. The maximum Gasteiger partial charge on any atom is 0.0233 e.